The largest absolute Gasteiger partial charge is 0.370 e. The number of carbonyl (C=O) groups excluding carboxylic acids is 5. The number of aliphatic imine (C=N–C) groups is 1. The molecule has 0 saturated heterocycles. The number of nitrogens with two attached hydrogens (primary N) is 4. The highest BCUT2D eigenvalue weighted by molar-refractivity contribution is 5.96. The Bertz CT molecular complexity index is 1880. The van der Waals surface area contributed by atoms with E-state index in [-0.39, 0.29) is 57.8 Å². The van der Waals surface area contributed by atoms with E-state index in [0.29, 0.717) is 6.42 Å². The first-order valence-corrected chi connectivity index (χ1v) is 17.0. The zero-order valence-corrected chi connectivity index (χ0v) is 28.2. The third-order valence-corrected chi connectivity index (χ3v) is 10.1. The first-order valence-electron chi connectivity index (χ1n) is 17.0. The van der Waals surface area contributed by atoms with Gasteiger partial charge in [0.2, 0.25) is 23.6 Å². The molecule has 3 heterocycles. The summed E-state index contributed by atoms with van der Waals surface area (Å²) in [5.41, 5.74) is 28.0. The number of carbonyl (C=O) groups is 5. The van der Waals surface area contributed by atoms with Gasteiger partial charge >= 0.3 is 6.03 Å². The average molecular weight is 694 g/mol. The van der Waals surface area contributed by atoms with Crippen LogP contribution in [-0.2, 0) is 58.1 Å². The maximum Gasteiger partial charge on any atom is 0.315 e. The topological polar surface area (TPSA) is 224 Å². The summed E-state index contributed by atoms with van der Waals surface area (Å²) in [4.78, 5) is 76.9. The normalized spacial score (nSPS) is 19.8. The lowest BCUT2D eigenvalue weighted by Gasteiger charge is -2.42. The van der Waals surface area contributed by atoms with E-state index in [9.17, 15) is 24.0 Å². The highest BCUT2D eigenvalue weighted by Crippen LogP contribution is 2.30. The minimum atomic E-state index is -1.09. The molecule has 3 aromatic rings. The second kappa shape index (κ2) is 14.9. The molecule has 6 amide bonds. The number of guanidine groups is 1. The van der Waals surface area contributed by atoms with E-state index < -0.39 is 53.8 Å². The van der Waals surface area contributed by atoms with Crippen LogP contribution >= 0.6 is 0 Å². The number of primary amides is 2. The van der Waals surface area contributed by atoms with Gasteiger partial charge in [-0.05, 0) is 46.2 Å². The van der Waals surface area contributed by atoms with Crippen molar-refractivity contribution in [2.75, 3.05) is 6.54 Å². The summed E-state index contributed by atoms with van der Waals surface area (Å²) >= 11 is 0. The summed E-state index contributed by atoms with van der Waals surface area (Å²) in [6.07, 6.45) is 1.15. The van der Waals surface area contributed by atoms with Crippen molar-refractivity contribution in [3.8, 4) is 0 Å². The van der Waals surface area contributed by atoms with Crippen molar-refractivity contribution in [2.24, 2.45) is 27.9 Å². The highest BCUT2D eigenvalue weighted by Gasteiger charge is 2.43. The zero-order chi connectivity index (χ0) is 36.2. The van der Waals surface area contributed by atoms with Crippen LogP contribution in [0.3, 0.4) is 0 Å². The third-order valence-electron chi connectivity index (χ3n) is 10.1. The van der Waals surface area contributed by atoms with Crippen molar-refractivity contribution in [3.05, 3.63) is 106 Å². The molecule has 3 aliphatic heterocycles. The smallest absolute Gasteiger partial charge is 0.315 e. The fourth-order valence-electron chi connectivity index (χ4n) is 7.39. The van der Waals surface area contributed by atoms with Gasteiger partial charge in [0.1, 0.15) is 24.2 Å². The Morgan fingerprint density at radius 1 is 0.647 bits per heavy atom. The van der Waals surface area contributed by atoms with Crippen LogP contribution in [0.5, 0.6) is 0 Å². The minimum absolute atomic E-state index is 0.103. The van der Waals surface area contributed by atoms with Crippen LogP contribution in [0.15, 0.2) is 77.8 Å². The van der Waals surface area contributed by atoms with Crippen molar-refractivity contribution in [1.29, 1.82) is 0 Å². The molecule has 6 rings (SSSR count). The van der Waals surface area contributed by atoms with Crippen molar-refractivity contribution >= 4 is 35.6 Å². The number of rotatable bonds is 9. The molecule has 0 bridgehead atoms. The lowest BCUT2D eigenvalue weighted by Crippen LogP contribution is -2.62. The lowest BCUT2D eigenvalue weighted by molar-refractivity contribution is -0.148. The number of fused-ring (bicyclic) bond motifs is 3. The molecule has 0 radical (unpaired) electrons. The molecule has 3 aromatic carbocycles. The predicted molar refractivity (Wildman–Crippen MR) is 189 cm³/mol. The molecule has 4 atom stereocenters. The van der Waals surface area contributed by atoms with Gasteiger partial charge in [0.15, 0.2) is 5.96 Å². The van der Waals surface area contributed by atoms with E-state index in [1.165, 1.54) is 14.7 Å². The number of urea groups is 1. The molecule has 51 heavy (non-hydrogen) atoms. The van der Waals surface area contributed by atoms with E-state index in [4.69, 9.17) is 22.9 Å². The molecule has 0 fully saturated rings. The minimum Gasteiger partial charge on any atom is -0.370 e. The Balaban J connectivity index is 1.30. The van der Waals surface area contributed by atoms with Gasteiger partial charge in [-0.25, -0.2) is 4.79 Å². The number of benzene rings is 3. The summed E-state index contributed by atoms with van der Waals surface area (Å²) in [6.45, 7) is 0.622. The average Bonchev–Trinajstić information content (AvgIpc) is 3.13. The lowest BCUT2D eigenvalue weighted by atomic mass is 9.89. The van der Waals surface area contributed by atoms with E-state index in [1.54, 1.807) is 0 Å². The van der Waals surface area contributed by atoms with Gasteiger partial charge in [0.25, 0.3) is 0 Å². The van der Waals surface area contributed by atoms with Gasteiger partial charge in [-0.15, -0.1) is 0 Å². The second-order valence-electron chi connectivity index (χ2n) is 13.3. The molecular weight excluding hydrogens is 650 g/mol. The SMILES string of the molecule is NC(=O)[C@@H]1Cc2ccccc2CN1C(=O)[C@H](CCCN=C(N)N)NC(=O)[C@H]1Cc2ccccc2CN1C(=O)[C@@H]1Cc2ccccc2CN1C(N)=O. The molecule has 14 nitrogen and oxygen atoms in total. The molecule has 266 valence electrons. The Morgan fingerprint density at radius 2 is 1.12 bits per heavy atom. The Kier molecular flexibility index (Phi) is 10.2. The summed E-state index contributed by atoms with van der Waals surface area (Å²) in [7, 11) is 0. The van der Waals surface area contributed by atoms with Crippen LogP contribution in [-0.4, -0.2) is 81.0 Å². The number of nitrogens with zero attached hydrogens (tertiary/aromatic N) is 4. The van der Waals surface area contributed by atoms with Gasteiger partial charge in [0.05, 0.1) is 0 Å². The van der Waals surface area contributed by atoms with Crippen molar-refractivity contribution in [1.82, 2.24) is 20.0 Å². The van der Waals surface area contributed by atoms with Crippen molar-refractivity contribution in [2.45, 2.75) is 75.9 Å². The monoisotopic (exact) mass is 693 g/mol. The second-order valence-corrected chi connectivity index (χ2v) is 13.3. The number of nitrogens with one attached hydrogen (secondary N) is 1. The Morgan fingerprint density at radius 3 is 1.63 bits per heavy atom. The Hall–Kier alpha value is -5.92. The fourth-order valence-corrected chi connectivity index (χ4v) is 7.39. The van der Waals surface area contributed by atoms with Crippen LogP contribution in [0.1, 0.15) is 46.2 Å². The molecule has 9 N–H and O–H groups in total. The summed E-state index contributed by atoms with van der Waals surface area (Å²) in [5.74, 6) is -2.21. The molecule has 0 aliphatic carbocycles. The molecule has 0 spiro atoms. The molecule has 0 saturated carbocycles. The maximum absolute atomic E-state index is 14.5. The number of hydrogen-bond donors (Lipinski definition) is 5. The molecule has 0 unspecified atom stereocenters. The van der Waals surface area contributed by atoms with Crippen LogP contribution in [0.25, 0.3) is 0 Å². The first-order chi connectivity index (χ1) is 24.5. The van der Waals surface area contributed by atoms with E-state index in [2.05, 4.69) is 10.3 Å². The predicted octanol–water partition coefficient (Wildman–Crippen LogP) is 0.423. The van der Waals surface area contributed by atoms with Crippen LogP contribution in [0.2, 0.25) is 0 Å². The molecule has 3 aliphatic rings. The Labute approximate surface area is 295 Å². The van der Waals surface area contributed by atoms with E-state index >= 15 is 0 Å². The van der Waals surface area contributed by atoms with Crippen LogP contribution < -0.4 is 28.3 Å². The van der Waals surface area contributed by atoms with Gasteiger partial charge in [0, 0.05) is 45.4 Å². The summed E-state index contributed by atoms with van der Waals surface area (Å²) < 4.78 is 0. The third kappa shape index (κ3) is 7.49. The van der Waals surface area contributed by atoms with Crippen molar-refractivity contribution in [3.63, 3.8) is 0 Å². The summed E-state index contributed by atoms with van der Waals surface area (Å²) in [6, 6.07) is 17.9. The van der Waals surface area contributed by atoms with E-state index in [0.717, 1.165) is 33.4 Å². The van der Waals surface area contributed by atoms with Gasteiger partial charge in [-0.2, -0.15) is 0 Å². The van der Waals surface area contributed by atoms with Crippen LogP contribution in [0, 0.1) is 0 Å². The molecule has 14 heteroatoms. The quantitative estimate of drug-likeness (QED) is 0.121. The molecule has 0 aromatic heterocycles. The van der Waals surface area contributed by atoms with Crippen LogP contribution in [0.4, 0.5) is 4.79 Å². The number of hydrogen-bond acceptors (Lipinski definition) is 6. The fraction of sp³-hybridized carbons (Fsp3) is 0.351. The standard InChI is InChI=1S/C37H43N9O5/c38-32(47)29-16-22-8-1-4-11-25(22)19-44(29)34(49)28(14-7-15-42-36(39)40)43-33(48)30-17-23-9-2-5-12-26(23)20-45(30)35(50)31-18-24-10-3-6-13-27(24)21-46(31)37(41)51/h1-6,8-13,28-31H,7,14-21H2,(H2,38,47)(H2,41,51)(H,43,48)(H4,39,40,42)/t28-,29-,30+,31-/m0/s1. The highest BCUT2D eigenvalue weighted by atomic mass is 16.2. The maximum atomic E-state index is 14.5. The van der Waals surface area contributed by atoms with Gasteiger partial charge in [-0.1, -0.05) is 72.8 Å². The zero-order valence-electron chi connectivity index (χ0n) is 28.2. The van der Waals surface area contributed by atoms with E-state index in [1.807, 2.05) is 72.8 Å². The van der Waals surface area contributed by atoms with Gasteiger partial charge in [-0.3, -0.25) is 24.2 Å². The van der Waals surface area contributed by atoms with Crippen molar-refractivity contribution < 1.29 is 24.0 Å². The number of amides is 6. The first kappa shape index (κ1) is 34.9. The summed E-state index contributed by atoms with van der Waals surface area (Å²) in [5, 5.41) is 2.93. The molecular formula is C37H43N9O5. The van der Waals surface area contributed by atoms with Gasteiger partial charge < -0.3 is 43.0 Å².